The molecule has 1 unspecified atom stereocenters. The maximum absolute atomic E-state index is 11.9. The summed E-state index contributed by atoms with van der Waals surface area (Å²) in [6, 6.07) is 3.12. The maximum atomic E-state index is 11.9. The first kappa shape index (κ1) is 15.2. The summed E-state index contributed by atoms with van der Waals surface area (Å²) in [5, 5.41) is 3.31. The Morgan fingerprint density at radius 1 is 1.45 bits per heavy atom. The Hall–Kier alpha value is -1.18. The third-order valence-electron chi connectivity index (χ3n) is 3.43. The van der Waals surface area contributed by atoms with Crippen LogP contribution in [0.5, 0.6) is 5.88 Å². The normalized spacial score (nSPS) is 19.4. The molecule has 20 heavy (non-hydrogen) atoms. The van der Waals surface area contributed by atoms with Gasteiger partial charge in [-0.1, -0.05) is 0 Å². The van der Waals surface area contributed by atoms with Crippen LogP contribution >= 0.6 is 0 Å². The summed E-state index contributed by atoms with van der Waals surface area (Å²) >= 11 is 0. The predicted molar refractivity (Wildman–Crippen MR) is 76.2 cm³/mol. The molecule has 0 aliphatic carbocycles. The van der Waals surface area contributed by atoms with Crippen molar-refractivity contribution in [3.8, 4) is 5.88 Å². The van der Waals surface area contributed by atoms with Crippen molar-refractivity contribution in [3.05, 3.63) is 18.3 Å². The Morgan fingerprint density at radius 2 is 2.25 bits per heavy atom. The summed E-state index contributed by atoms with van der Waals surface area (Å²) in [5.41, 5.74) is 0. The van der Waals surface area contributed by atoms with Gasteiger partial charge in [-0.3, -0.25) is 0 Å². The summed E-state index contributed by atoms with van der Waals surface area (Å²) in [5.74, 6) is 1.14. The fourth-order valence-corrected chi connectivity index (χ4v) is 2.95. The second-order valence-corrected chi connectivity index (χ2v) is 7.27. The smallest absolute Gasteiger partial charge is 0.244 e. The van der Waals surface area contributed by atoms with E-state index in [0.717, 1.165) is 23.8 Å². The highest BCUT2D eigenvalue weighted by molar-refractivity contribution is 7.89. The van der Waals surface area contributed by atoms with Crippen LogP contribution in [-0.4, -0.2) is 51.5 Å². The molecule has 7 heteroatoms. The minimum atomic E-state index is -3.42. The van der Waals surface area contributed by atoms with Crippen molar-refractivity contribution in [2.45, 2.75) is 17.7 Å². The van der Waals surface area contributed by atoms with E-state index >= 15 is 0 Å². The van der Waals surface area contributed by atoms with Crippen molar-refractivity contribution in [3.63, 3.8) is 0 Å². The third kappa shape index (κ3) is 3.68. The highest BCUT2D eigenvalue weighted by atomic mass is 32.2. The van der Waals surface area contributed by atoms with Crippen LogP contribution in [0.3, 0.4) is 0 Å². The Kier molecular flexibility index (Phi) is 4.95. The van der Waals surface area contributed by atoms with E-state index in [4.69, 9.17) is 4.74 Å². The summed E-state index contributed by atoms with van der Waals surface area (Å²) in [7, 11) is -0.429. The molecular formula is C13H21N3O3S. The van der Waals surface area contributed by atoms with Crippen LogP contribution in [0, 0.1) is 5.92 Å². The van der Waals surface area contributed by atoms with Crippen LogP contribution in [-0.2, 0) is 10.0 Å². The van der Waals surface area contributed by atoms with E-state index in [0.29, 0.717) is 18.4 Å². The lowest BCUT2D eigenvalue weighted by Gasteiger charge is -2.12. The Labute approximate surface area is 120 Å². The number of hydrogen-bond acceptors (Lipinski definition) is 5. The van der Waals surface area contributed by atoms with Gasteiger partial charge in [-0.15, -0.1) is 0 Å². The Bertz CT molecular complexity index is 522. The fraction of sp³-hybridized carbons (Fsp3) is 0.615. The number of pyridine rings is 1. The summed E-state index contributed by atoms with van der Waals surface area (Å²) in [6.07, 6.45) is 3.52. The molecule has 2 rings (SSSR count). The molecule has 0 bridgehead atoms. The van der Waals surface area contributed by atoms with Crippen molar-refractivity contribution in [2.24, 2.45) is 5.92 Å². The molecule has 1 aliphatic rings. The second kappa shape index (κ2) is 6.51. The zero-order chi connectivity index (χ0) is 14.6. The van der Waals surface area contributed by atoms with E-state index in [1.54, 1.807) is 6.07 Å². The van der Waals surface area contributed by atoms with Crippen molar-refractivity contribution in [1.82, 2.24) is 14.6 Å². The Morgan fingerprint density at radius 3 is 2.80 bits per heavy atom. The zero-order valence-electron chi connectivity index (χ0n) is 11.9. The van der Waals surface area contributed by atoms with Gasteiger partial charge in [0, 0.05) is 20.2 Å². The molecule has 1 aromatic heterocycles. The topological polar surface area (TPSA) is 71.5 Å². The summed E-state index contributed by atoms with van der Waals surface area (Å²) in [6.45, 7) is 2.75. The number of aromatic nitrogens is 1. The number of ether oxygens (including phenoxy) is 1. The van der Waals surface area contributed by atoms with Crippen LogP contribution < -0.4 is 10.1 Å². The van der Waals surface area contributed by atoms with Gasteiger partial charge in [0.15, 0.2) is 0 Å². The molecule has 0 radical (unpaired) electrons. The highest BCUT2D eigenvalue weighted by Crippen LogP contribution is 2.16. The molecule has 1 atom stereocenters. The Balaban J connectivity index is 1.88. The average Bonchev–Trinajstić information content (AvgIpc) is 2.92. The van der Waals surface area contributed by atoms with Gasteiger partial charge in [-0.2, -0.15) is 0 Å². The predicted octanol–water partition coefficient (Wildman–Crippen LogP) is 0.710. The minimum Gasteiger partial charge on any atom is -0.478 e. The monoisotopic (exact) mass is 299 g/mol. The minimum absolute atomic E-state index is 0.176. The summed E-state index contributed by atoms with van der Waals surface area (Å²) < 4.78 is 30.5. The lowest BCUT2D eigenvalue weighted by atomic mass is 10.1. The molecule has 1 saturated heterocycles. The van der Waals surface area contributed by atoms with Crippen LogP contribution in [0.25, 0.3) is 0 Å². The first-order valence-corrected chi connectivity index (χ1v) is 8.16. The van der Waals surface area contributed by atoms with Crippen LogP contribution in [0.1, 0.15) is 12.8 Å². The standard InChI is InChI=1S/C13H21N3O3S/c1-16(2)20(17,18)12-3-4-13(15-10-12)19-8-6-11-5-7-14-9-11/h3-4,10-11,14H,5-9H2,1-2H3. The third-order valence-corrected chi connectivity index (χ3v) is 5.22. The molecule has 1 aromatic rings. The quantitative estimate of drug-likeness (QED) is 0.837. The van der Waals surface area contributed by atoms with Crippen molar-refractivity contribution in [2.75, 3.05) is 33.8 Å². The molecular weight excluding hydrogens is 278 g/mol. The van der Waals surface area contributed by atoms with Gasteiger partial charge in [0.25, 0.3) is 0 Å². The molecule has 2 heterocycles. The average molecular weight is 299 g/mol. The highest BCUT2D eigenvalue weighted by Gasteiger charge is 2.18. The number of sulfonamides is 1. The van der Waals surface area contributed by atoms with Gasteiger partial charge >= 0.3 is 0 Å². The maximum Gasteiger partial charge on any atom is 0.244 e. The van der Waals surface area contributed by atoms with Gasteiger partial charge < -0.3 is 10.1 Å². The van der Waals surface area contributed by atoms with Gasteiger partial charge in [-0.05, 0) is 37.9 Å². The van der Waals surface area contributed by atoms with E-state index in [-0.39, 0.29) is 4.90 Å². The second-order valence-electron chi connectivity index (χ2n) is 5.12. The van der Waals surface area contributed by atoms with E-state index in [1.807, 2.05) is 0 Å². The number of hydrogen-bond donors (Lipinski definition) is 1. The largest absolute Gasteiger partial charge is 0.478 e. The summed E-state index contributed by atoms with van der Waals surface area (Å²) in [4.78, 5) is 4.22. The SMILES string of the molecule is CN(C)S(=O)(=O)c1ccc(OCCC2CCNC2)nc1. The van der Waals surface area contributed by atoms with Crippen molar-refractivity contribution in [1.29, 1.82) is 0 Å². The first-order chi connectivity index (χ1) is 9.50. The lowest BCUT2D eigenvalue weighted by Crippen LogP contribution is -2.22. The van der Waals surface area contributed by atoms with Gasteiger partial charge in [0.2, 0.25) is 15.9 Å². The zero-order valence-corrected chi connectivity index (χ0v) is 12.7. The molecule has 1 N–H and O–H groups in total. The molecule has 6 nitrogen and oxygen atoms in total. The van der Waals surface area contributed by atoms with Gasteiger partial charge in [-0.25, -0.2) is 17.7 Å². The molecule has 0 amide bonds. The molecule has 1 fully saturated rings. The fourth-order valence-electron chi connectivity index (χ4n) is 2.11. The molecule has 1 aliphatic heterocycles. The van der Waals surface area contributed by atoms with Crippen LogP contribution in [0.15, 0.2) is 23.2 Å². The van der Waals surface area contributed by atoms with Crippen LogP contribution in [0.4, 0.5) is 0 Å². The van der Waals surface area contributed by atoms with E-state index in [2.05, 4.69) is 10.3 Å². The molecule has 0 saturated carbocycles. The number of nitrogens with zero attached hydrogens (tertiary/aromatic N) is 2. The molecule has 0 spiro atoms. The van der Waals surface area contributed by atoms with E-state index < -0.39 is 10.0 Å². The van der Waals surface area contributed by atoms with Crippen LogP contribution in [0.2, 0.25) is 0 Å². The van der Waals surface area contributed by atoms with Crippen molar-refractivity contribution < 1.29 is 13.2 Å². The first-order valence-electron chi connectivity index (χ1n) is 6.72. The van der Waals surface area contributed by atoms with E-state index in [1.165, 1.54) is 32.8 Å². The molecule has 112 valence electrons. The number of nitrogens with one attached hydrogen (secondary N) is 1. The van der Waals surface area contributed by atoms with E-state index in [9.17, 15) is 8.42 Å². The molecule has 0 aromatic carbocycles. The van der Waals surface area contributed by atoms with Crippen molar-refractivity contribution >= 4 is 10.0 Å². The van der Waals surface area contributed by atoms with Gasteiger partial charge in [0.05, 0.1) is 12.8 Å². The van der Waals surface area contributed by atoms with Gasteiger partial charge in [0.1, 0.15) is 4.90 Å². The lowest BCUT2D eigenvalue weighted by molar-refractivity contribution is 0.273. The number of rotatable bonds is 6.